The topological polar surface area (TPSA) is 58.6 Å². The molecule has 1 heterocycles. The molecule has 1 unspecified atom stereocenters. The quantitative estimate of drug-likeness (QED) is 0.523. The van der Waals surface area contributed by atoms with E-state index in [1.165, 1.54) is 0 Å². The molecular formula is C5H12NO3P. The fraction of sp³-hybridized carbons (Fsp3) is 1.00. The highest BCUT2D eigenvalue weighted by Gasteiger charge is 2.18. The molecule has 10 heavy (non-hydrogen) atoms. The molecule has 1 aliphatic heterocycles. The minimum atomic E-state index is -3.41. The van der Waals surface area contributed by atoms with Crippen molar-refractivity contribution in [2.75, 3.05) is 13.2 Å². The summed E-state index contributed by atoms with van der Waals surface area (Å²) in [5, 5.41) is 2.45. The van der Waals surface area contributed by atoms with Gasteiger partial charge in [-0.05, 0) is 19.3 Å². The summed E-state index contributed by atoms with van der Waals surface area (Å²) in [7, 11) is -3.41. The van der Waals surface area contributed by atoms with Gasteiger partial charge in [-0.1, -0.05) is 0 Å². The van der Waals surface area contributed by atoms with Crippen LogP contribution in [0.1, 0.15) is 19.3 Å². The molecule has 5 heteroatoms. The van der Waals surface area contributed by atoms with Crippen molar-refractivity contribution in [3.63, 3.8) is 0 Å². The fourth-order valence-electron chi connectivity index (χ4n) is 0.858. The normalized spacial score (nSPS) is 36.5. The molecule has 1 atom stereocenters. The van der Waals surface area contributed by atoms with Gasteiger partial charge in [0, 0.05) is 6.54 Å². The maximum Gasteiger partial charge on any atom is 0.402 e. The van der Waals surface area contributed by atoms with Crippen LogP contribution in [-0.2, 0) is 9.09 Å². The minimum absolute atomic E-state index is 0.390. The molecule has 2 N–H and O–H groups in total. The van der Waals surface area contributed by atoms with E-state index in [4.69, 9.17) is 4.89 Å². The van der Waals surface area contributed by atoms with Gasteiger partial charge in [0.2, 0.25) is 0 Å². The second-order valence-corrected chi connectivity index (χ2v) is 3.94. The zero-order valence-corrected chi connectivity index (χ0v) is 6.64. The van der Waals surface area contributed by atoms with Crippen LogP contribution in [0.4, 0.5) is 0 Å². The predicted molar refractivity (Wildman–Crippen MR) is 37.6 cm³/mol. The third-order valence-electron chi connectivity index (χ3n) is 1.40. The summed E-state index contributed by atoms with van der Waals surface area (Å²) < 4.78 is 15.5. The smallest absolute Gasteiger partial charge is 0.312 e. The van der Waals surface area contributed by atoms with Gasteiger partial charge in [-0.2, -0.15) is 0 Å². The molecule has 4 nitrogen and oxygen atoms in total. The van der Waals surface area contributed by atoms with Crippen molar-refractivity contribution in [3.05, 3.63) is 0 Å². The minimum Gasteiger partial charge on any atom is -0.312 e. The zero-order chi connectivity index (χ0) is 7.45. The molecule has 0 amide bonds. The van der Waals surface area contributed by atoms with Crippen molar-refractivity contribution in [1.29, 1.82) is 0 Å². The van der Waals surface area contributed by atoms with Crippen LogP contribution in [0.2, 0.25) is 0 Å². The van der Waals surface area contributed by atoms with Gasteiger partial charge >= 0.3 is 7.75 Å². The summed E-state index contributed by atoms with van der Waals surface area (Å²) in [6.07, 6.45) is 2.90. The average Bonchev–Trinajstić information content (AvgIpc) is 1.81. The van der Waals surface area contributed by atoms with E-state index < -0.39 is 7.75 Å². The number of nitrogens with one attached hydrogen (secondary N) is 1. The largest absolute Gasteiger partial charge is 0.402 e. The average molecular weight is 165 g/mol. The van der Waals surface area contributed by atoms with E-state index in [-0.39, 0.29) is 0 Å². The first-order valence-electron chi connectivity index (χ1n) is 3.43. The van der Waals surface area contributed by atoms with E-state index >= 15 is 0 Å². The molecule has 0 aromatic carbocycles. The molecule has 0 bridgehead atoms. The molecule has 0 aromatic rings. The summed E-state index contributed by atoms with van der Waals surface area (Å²) in [6, 6.07) is 0. The first-order chi connectivity index (χ1) is 4.71. The van der Waals surface area contributed by atoms with Crippen molar-refractivity contribution >= 4 is 7.75 Å². The van der Waals surface area contributed by atoms with Gasteiger partial charge in [-0.3, -0.25) is 4.52 Å². The van der Waals surface area contributed by atoms with Crippen molar-refractivity contribution in [2.24, 2.45) is 0 Å². The van der Waals surface area contributed by atoms with E-state index in [9.17, 15) is 4.57 Å². The Balaban J connectivity index is 2.38. The van der Waals surface area contributed by atoms with Crippen LogP contribution in [0.25, 0.3) is 0 Å². The molecule has 0 spiro atoms. The summed E-state index contributed by atoms with van der Waals surface area (Å²) in [4.78, 5) is 8.90. The van der Waals surface area contributed by atoms with Gasteiger partial charge < -0.3 is 4.89 Å². The van der Waals surface area contributed by atoms with Crippen LogP contribution < -0.4 is 5.09 Å². The Hall–Kier alpha value is 0.110. The van der Waals surface area contributed by atoms with E-state index in [1.807, 2.05) is 0 Å². The Bertz CT molecular complexity index is 138. The van der Waals surface area contributed by atoms with E-state index in [0.717, 1.165) is 19.3 Å². The second-order valence-electron chi connectivity index (χ2n) is 2.32. The molecule has 60 valence electrons. The predicted octanol–water partition coefficient (Wildman–Crippen LogP) is 0.877. The molecule has 0 aliphatic carbocycles. The summed E-state index contributed by atoms with van der Waals surface area (Å²) in [6.45, 7) is 0.967. The molecular weight excluding hydrogens is 153 g/mol. The highest BCUT2D eigenvalue weighted by atomic mass is 31.2. The van der Waals surface area contributed by atoms with E-state index in [0.29, 0.717) is 13.2 Å². The van der Waals surface area contributed by atoms with Crippen LogP contribution >= 0.6 is 7.75 Å². The van der Waals surface area contributed by atoms with E-state index in [2.05, 4.69) is 9.61 Å². The monoisotopic (exact) mass is 165 g/mol. The maximum atomic E-state index is 10.8. The van der Waals surface area contributed by atoms with Crippen LogP contribution in [0, 0.1) is 0 Å². The van der Waals surface area contributed by atoms with Gasteiger partial charge in [-0.15, -0.1) is 0 Å². The Kier molecular flexibility index (Phi) is 2.86. The maximum absolute atomic E-state index is 10.8. The Morgan fingerprint density at radius 2 is 2.20 bits per heavy atom. The number of hydrogen-bond acceptors (Lipinski definition) is 2. The third kappa shape index (κ3) is 2.80. The van der Waals surface area contributed by atoms with Crippen molar-refractivity contribution in [3.8, 4) is 0 Å². The van der Waals surface area contributed by atoms with Crippen molar-refractivity contribution in [1.82, 2.24) is 5.09 Å². The van der Waals surface area contributed by atoms with Gasteiger partial charge in [0.05, 0.1) is 6.61 Å². The lowest BCUT2D eigenvalue weighted by Crippen LogP contribution is -2.16. The number of rotatable bonds is 0. The number of hydrogen-bond donors (Lipinski definition) is 2. The lowest BCUT2D eigenvalue weighted by molar-refractivity contribution is 0.236. The molecule has 1 rings (SSSR count). The standard InChI is InChI=1S/C5H12NO3P/c7-10(8)6-4-2-1-3-5-9-10/h1-5H2,(H2,6,7,8). The highest BCUT2D eigenvalue weighted by molar-refractivity contribution is 7.50. The van der Waals surface area contributed by atoms with Crippen LogP contribution in [-0.4, -0.2) is 18.0 Å². The van der Waals surface area contributed by atoms with Gasteiger partial charge in [0.15, 0.2) is 0 Å². The SMILES string of the molecule is O=P1(O)NCCCCCO1. The molecule has 1 aliphatic rings. The molecule has 0 radical (unpaired) electrons. The lowest BCUT2D eigenvalue weighted by atomic mass is 10.2. The lowest BCUT2D eigenvalue weighted by Gasteiger charge is -2.15. The summed E-state index contributed by atoms with van der Waals surface area (Å²) >= 11 is 0. The van der Waals surface area contributed by atoms with Crippen molar-refractivity contribution in [2.45, 2.75) is 19.3 Å². The highest BCUT2D eigenvalue weighted by Crippen LogP contribution is 2.37. The van der Waals surface area contributed by atoms with Gasteiger partial charge in [-0.25, -0.2) is 9.65 Å². The first kappa shape index (κ1) is 8.21. The Morgan fingerprint density at radius 3 is 3.00 bits per heavy atom. The van der Waals surface area contributed by atoms with Crippen molar-refractivity contribution < 1.29 is 14.0 Å². The van der Waals surface area contributed by atoms with Gasteiger partial charge in [0.1, 0.15) is 0 Å². The van der Waals surface area contributed by atoms with Crippen LogP contribution in [0.5, 0.6) is 0 Å². The zero-order valence-electron chi connectivity index (χ0n) is 5.75. The molecule has 0 saturated carbocycles. The van der Waals surface area contributed by atoms with Crippen LogP contribution in [0.15, 0.2) is 0 Å². The summed E-state index contributed by atoms with van der Waals surface area (Å²) in [5.74, 6) is 0. The Labute approximate surface area is 60.2 Å². The molecule has 1 fully saturated rings. The Morgan fingerprint density at radius 1 is 1.40 bits per heavy atom. The third-order valence-corrected chi connectivity index (χ3v) is 2.55. The second kappa shape index (κ2) is 3.49. The van der Waals surface area contributed by atoms with E-state index in [1.54, 1.807) is 0 Å². The first-order valence-corrected chi connectivity index (χ1v) is 5.01. The fourth-order valence-corrected chi connectivity index (χ4v) is 1.77. The molecule has 1 saturated heterocycles. The molecule has 0 aromatic heterocycles. The van der Waals surface area contributed by atoms with Gasteiger partial charge in [0.25, 0.3) is 0 Å². The summed E-state index contributed by atoms with van der Waals surface area (Å²) in [5.41, 5.74) is 0. The van der Waals surface area contributed by atoms with Crippen LogP contribution in [0.3, 0.4) is 0 Å².